The van der Waals surface area contributed by atoms with Gasteiger partial charge in [0.05, 0.1) is 22.5 Å². The Balaban J connectivity index is 1.15. The number of benzene rings is 2. The van der Waals surface area contributed by atoms with Crippen LogP contribution in [0.1, 0.15) is 117 Å². The molecule has 2 aromatic carbocycles. The Morgan fingerprint density at radius 1 is 0.692 bits per heavy atom. The van der Waals surface area contributed by atoms with E-state index in [4.69, 9.17) is 8.37 Å². The van der Waals surface area contributed by atoms with E-state index < -0.39 is 20.2 Å². The van der Waals surface area contributed by atoms with Gasteiger partial charge in [0.15, 0.2) is 0 Å². The topological polar surface area (TPSA) is 86.7 Å². The molecule has 52 heavy (non-hydrogen) atoms. The molecule has 10 unspecified atom stereocenters. The number of fused-ring (bicyclic) bond motifs is 7. The van der Waals surface area contributed by atoms with Gasteiger partial charge < -0.3 is 0 Å². The highest BCUT2D eigenvalue weighted by atomic mass is 32.2. The molecule has 0 radical (unpaired) electrons. The summed E-state index contributed by atoms with van der Waals surface area (Å²) in [5.41, 5.74) is 3.06. The first-order valence-electron chi connectivity index (χ1n) is 19.8. The molecule has 6 nitrogen and oxygen atoms in total. The van der Waals surface area contributed by atoms with E-state index >= 15 is 0 Å². The fraction of sp³-hybridized carbons (Fsp3) is 0.682. The lowest BCUT2D eigenvalue weighted by Crippen LogP contribution is -2.67. The van der Waals surface area contributed by atoms with Crippen molar-refractivity contribution in [1.82, 2.24) is 0 Å². The SMILES string of the molecule is C=C(C)C1CCC2(COS(=O)(=O)c3ccc(C)cc3)CCC3(C)C(CCC4C5(C)CCC(OS(=O)(=O)c6ccc(C)cc6)C(C)(C)C5CCC43C)C12. The van der Waals surface area contributed by atoms with Crippen molar-refractivity contribution in [2.24, 2.45) is 56.7 Å². The predicted molar refractivity (Wildman–Crippen MR) is 207 cm³/mol. The second kappa shape index (κ2) is 12.8. The van der Waals surface area contributed by atoms with Crippen LogP contribution >= 0.6 is 0 Å². The van der Waals surface area contributed by atoms with Crippen LogP contribution in [0.5, 0.6) is 0 Å². The third-order valence-electron chi connectivity index (χ3n) is 16.5. The molecule has 5 fully saturated rings. The van der Waals surface area contributed by atoms with E-state index in [1.807, 2.05) is 38.1 Å². The summed E-state index contributed by atoms with van der Waals surface area (Å²) in [6.45, 7) is 23.1. The molecule has 2 aromatic rings. The fourth-order valence-corrected chi connectivity index (χ4v) is 15.8. The Bertz CT molecular complexity index is 1920. The van der Waals surface area contributed by atoms with E-state index in [1.165, 1.54) is 5.57 Å². The second-order valence-corrected chi connectivity index (χ2v) is 22.5. The maximum absolute atomic E-state index is 13.5. The minimum atomic E-state index is -3.88. The average Bonchev–Trinajstić information content (AvgIpc) is 3.46. The Morgan fingerprint density at radius 2 is 1.29 bits per heavy atom. The quantitative estimate of drug-likeness (QED) is 0.197. The lowest BCUT2D eigenvalue weighted by Gasteiger charge is -2.73. The van der Waals surface area contributed by atoms with Crippen LogP contribution in [0.2, 0.25) is 0 Å². The van der Waals surface area contributed by atoms with Crippen LogP contribution in [0.25, 0.3) is 0 Å². The third-order valence-corrected chi connectivity index (χ3v) is 19.2. The molecule has 7 rings (SSSR count). The number of hydrogen-bond donors (Lipinski definition) is 0. The number of rotatable bonds is 8. The molecule has 5 aliphatic carbocycles. The van der Waals surface area contributed by atoms with E-state index in [0.717, 1.165) is 75.3 Å². The standard InChI is InChI=1S/C44H62O6S2/c1-29(2)34-20-25-44(28-49-51(45,46)32-14-10-30(3)11-15-32)27-26-42(8)35(39(34)44)18-19-37-41(7)23-22-38(40(5,6)36(41)21-24-43(37,42)9)50-52(47,48)33-16-12-31(4)13-17-33/h10-17,34-39H,1,18-28H2,2-9H3. The van der Waals surface area contributed by atoms with E-state index in [1.54, 1.807) is 24.3 Å². The monoisotopic (exact) mass is 750 g/mol. The van der Waals surface area contributed by atoms with Crippen LogP contribution in [-0.2, 0) is 28.6 Å². The van der Waals surface area contributed by atoms with Crippen molar-refractivity contribution in [1.29, 1.82) is 0 Å². The van der Waals surface area contributed by atoms with Gasteiger partial charge in [0.25, 0.3) is 20.2 Å². The highest BCUT2D eigenvalue weighted by Crippen LogP contribution is 2.77. The van der Waals surface area contributed by atoms with Gasteiger partial charge in [-0.15, -0.1) is 0 Å². The molecule has 0 saturated heterocycles. The summed E-state index contributed by atoms with van der Waals surface area (Å²) >= 11 is 0. The molecule has 0 aliphatic heterocycles. The first kappa shape index (κ1) is 38.3. The molecule has 0 spiro atoms. The molecule has 286 valence electrons. The molecule has 5 aliphatic rings. The van der Waals surface area contributed by atoms with Crippen molar-refractivity contribution in [2.45, 2.75) is 135 Å². The predicted octanol–water partition coefficient (Wildman–Crippen LogP) is 10.4. The van der Waals surface area contributed by atoms with Crippen LogP contribution < -0.4 is 0 Å². The first-order valence-corrected chi connectivity index (χ1v) is 22.6. The molecule has 0 bridgehead atoms. The second-order valence-electron chi connectivity index (χ2n) is 19.3. The van der Waals surface area contributed by atoms with Gasteiger partial charge in [-0.2, -0.15) is 16.8 Å². The van der Waals surface area contributed by atoms with Crippen LogP contribution in [0.3, 0.4) is 0 Å². The molecule has 8 heteroatoms. The summed E-state index contributed by atoms with van der Waals surface area (Å²) in [7, 11) is -7.75. The third kappa shape index (κ3) is 5.82. The smallest absolute Gasteiger partial charge is 0.266 e. The van der Waals surface area contributed by atoms with Gasteiger partial charge in [-0.05, 0) is 166 Å². The van der Waals surface area contributed by atoms with Gasteiger partial charge in [0, 0.05) is 0 Å². The highest BCUT2D eigenvalue weighted by molar-refractivity contribution is 7.87. The van der Waals surface area contributed by atoms with Gasteiger partial charge in [-0.25, -0.2) is 0 Å². The minimum absolute atomic E-state index is 0.0706. The molecular formula is C44H62O6S2. The molecule has 10 atom stereocenters. The zero-order valence-electron chi connectivity index (χ0n) is 32.8. The van der Waals surface area contributed by atoms with Gasteiger partial charge in [0.1, 0.15) is 0 Å². The van der Waals surface area contributed by atoms with E-state index in [0.29, 0.717) is 29.6 Å². The van der Waals surface area contributed by atoms with Crippen molar-refractivity contribution in [3.63, 3.8) is 0 Å². The molecule has 0 amide bonds. The van der Waals surface area contributed by atoms with Crippen LogP contribution in [0.15, 0.2) is 70.5 Å². The summed E-state index contributed by atoms with van der Waals surface area (Å²) in [4.78, 5) is 0.464. The Morgan fingerprint density at radius 3 is 1.88 bits per heavy atom. The lowest BCUT2D eigenvalue weighted by molar-refractivity contribution is -0.247. The summed E-state index contributed by atoms with van der Waals surface area (Å²) in [5.74, 6) is 2.04. The van der Waals surface area contributed by atoms with Gasteiger partial charge in [-0.3, -0.25) is 8.37 Å². The lowest BCUT2D eigenvalue weighted by atomic mass is 9.32. The number of aryl methyl sites for hydroxylation is 2. The summed E-state index contributed by atoms with van der Waals surface area (Å²) in [6, 6.07) is 14.0. The zero-order chi connectivity index (χ0) is 37.7. The van der Waals surface area contributed by atoms with E-state index in [9.17, 15) is 16.8 Å². The van der Waals surface area contributed by atoms with Gasteiger partial charge in [-0.1, -0.05) is 82.2 Å². The zero-order valence-corrected chi connectivity index (χ0v) is 34.5. The number of allylic oxidation sites excluding steroid dienone is 1. The van der Waals surface area contributed by atoms with Crippen molar-refractivity contribution >= 4 is 20.2 Å². The van der Waals surface area contributed by atoms with Crippen LogP contribution in [0, 0.1) is 70.5 Å². The average molecular weight is 751 g/mol. The Labute approximate surface area is 314 Å². The normalized spacial score (nSPS) is 39.8. The summed E-state index contributed by atoms with van der Waals surface area (Å²) in [5, 5.41) is 0. The van der Waals surface area contributed by atoms with Crippen LogP contribution in [0.4, 0.5) is 0 Å². The largest absolute Gasteiger partial charge is 0.297 e. The maximum atomic E-state index is 13.5. The molecule has 5 saturated carbocycles. The van der Waals surface area contributed by atoms with Crippen molar-refractivity contribution in [3.05, 3.63) is 71.8 Å². The van der Waals surface area contributed by atoms with Gasteiger partial charge >= 0.3 is 0 Å². The fourth-order valence-electron chi connectivity index (χ4n) is 13.6. The van der Waals surface area contributed by atoms with Gasteiger partial charge in [0.2, 0.25) is 0 Å². The maximum Gasteiger partial charge on any atom is 0.297 e. The summed E-state index contributed by atoms with van der Waals surface area (Å²) in [6.07, 6.45) is 9.83. The number of hydrogen-bond acceptors (Lipinski definition) is 6. The molecule has 0 N–H and O–H groups in total. The van der Waals surface area contributed by atoms with Crippen LogP contribution in [-0.4, -0.2) is 29.5 Å². The van der Waals surface area contributed by atoms with E-state index in [-0.39, 0.29) is 49.6 Å². The van der Waals surface area contributed by atoms with E-state index in [2.05, 4.69) is 48.1 Å². The van der Waals surface area contributed by atoms with Crippen molar-refractivity contribution in [3.8, 4) is 0 Å². The Kier molecular flexibility index (Phi) is 9.41. The van der Waals surface area contributed by atoms with Crippen molar-refractivity contribution in [2.75, 3.05) is 6.61 Å². The minimum Gasteiger partial charge on any atom is -0.266 e. The highest BCUT2D eigenvalue weighted by Gasteiger charge is 2.71. The van der Waals surface area contributed by atoms with Crippen molar-refractivity contribution < 1.29 is 25.2 Å². The Hall–Kier alpha value is -2.00. The molecule has 0 aromatic heterocycles. The molecule has 0 heterocycles. The summed E-state index contributed by atoms with van der Waals surface area (Å²) < 4.78 is 66.2. The first-order chi connectivity index (χ1) is 24.2. The molecular weight excluding hydrogens is 689 g/mol.